The molecule has 1 aliphatic heterocycles. The Kier molecular flexibility index (Phi) is 9.18. The third-order valence-electron chi connectivity index (χ3n) is 6.43. The van der Waals surface area contributed by atoms with Gasteiger partial charge < -0.3 is 4.18 Å². The molecule has 4 aromatic rings. The summed E-state index contributed by atoms with van der Waals surface area (Å²) in [6.45, 7) is 5.58. The maximum Gasteiger partial charge on any atom is 0.339 e. The van der Waals surface area contributed by atoms with E-state index in [0.29, 0.717) is 26.6 Å². The molecule has 5 rings (SSSR count). The second-order valence-electron chi connectivity index (χ2n) is 9.67. The van der Waals surface area contributed by atoms with Gasteiger partial charge in [0.1, 0.15) is 4.90 Å². The van der Waals surface area contributed by atoms with Crippen molar-refractivity contribution in [3.05, 3.63) is 120 Å². The Morgan fingerprint density at radius 1 is 0.814 bits per heavy atom. The number of benzene rings is 4. The van der Waals surface area contributed by atoms with E-state index in [1.165, 1.54) is 35.2 Å². The number of anilines is 1. The van der Waals surface area contributed by atoms with Gasteiger partial charge in [0.15, 0.2) is 10.9 Å². The van der Waals surface area contributed by atoms with Crippen LogP contribution in [0.1, 0.15) is 22.3 Å². The lowest BCUT2D eigenvalue weighted by Crippen LogP contribution is -2.28. The van der Waals surface area contributed by atoms with Gasteiger partial charge in [-0.3, -0.25) is 9.69 Å². The molecule has 4 aromatic carbocycles. The summed E-state index contributed by atoms with van der Waals surface area (Å²) in [7, 11) is -4.27. The quantitative estimate of drug-likeness (QED) is 0.149. The first-order valence-electron chi connectivity index (χ1n) is 12.7. The predicted molar refractivity (Wildman–Crippen MR) is 178 cm³/mol. The van der Waals surface area contributed by atoms with Gasteiger partial charge in [-0.2, -0.15) is 8.42 Å². The van der Waals surface area contributed by atoms with E-state index in [-0.39, 0.29) is 31.2 Å². The molecule has 0 aromatic heterocycles. The van der Waals surface area contributed by atoms with Gasteiger partial charge >= 0.3 is 10.1 Å². The van der Waals surface area contributed by atoms with Gasteiger partial charge in [-0.1, -0.05) is 76.2 Å². The molecule has 0 saturated carbocycles. The Labute approximate surface area is 274 Å². The fourth-order valence-electron chi connectivity index (χ4n) is 4.04. The van der Waals surface area contributed by atoms with E-state index in [4.69, 9.17) is 55.6 Å². The van der Waals surface area contributed by atoms with Gasteiger partial charge in [-0.25, -0.2) is 4.99 Å². The molecule has 0 aliphatic carbocycles. The summed E-state index contributed by atoms with van der Waals surface area (Å²) in [6, 6.07) is 19.6. The minimum absolute atomic E-state index is 0.0455. The van der Waals surface area contributed by atoms with E-state index in [1.807, 2.05) is 26.8 Å². The van der Waals surface area contributed by atoms with Gasteiger partial charge in [-0.05, 0) is 98.3 Å². The molecule has 0 spiro atoms. The molecular formula is C31H22Cl4N2O4S2. The zero-order chi connectivity index (χ0) is 31.1. The van der Waals surface area contributed by atoms with E-state index in [1.54, 1.807) is 42.5 Å². The summed E-state index contributed by atoms with van der Waals surface area (Å²) >= 11 is 26.6. The van der Waals surface area contributed by atoms with Crippen molar-refractivity contribution in [1.29, 1.82) is 0 Å². The van der Waals surface area contributed by atoms with Crippen LogP contribution in [0.2, 0.25) is 20.1 Å². The summed E-state index contributed by atoms with van der Waals surface area (Å²) in [5.74, 6) is -0.599. The van der Waals surface area contributed by atoms with Crippen LogP contribution in [0.3, 0.4) is 0 Å². The zero-order valence-electron chi connectivity index (χ0n) is 22.9. The number of hydrogen-bond donors (Lipinski definition) is 0. The van der Waals surface area contributed by atoms with Crippen LogP contribution in [0.4, 0.5) is 11.4 Å². The van der Waals surface area contributed by atoms with Crippen molar-refractivity contribution in [2.45, 2.75) is 25.7 Å². The van der Waals surface area contributed by atoms with Crippen LogP contribution >= 0.6 is 58.2 Å². The number of carbonyl (C=O) groups is 1. The molecule has 1 fully saturated rings. The number of amides is 1. The average molecular weight is 692 g/mol. The lowest BCUT2D eigenvalue weighted by atomic mass is 10.1. The molecule has 1 heterocycles. The zero-order valence-corrected chi connectivity index (χ0v) is 27.5. The normalized spacial score (nSPS) is 15.5. The number of carbonyl (C=O) groups excluding carboxylic acids is 1. The molecule has 0 N–H and O–H groups in total. The highest BCUT2D eigenvalue weighted by Crippen LogP contribution is 2.42. The largest absolute Gasteiger partial charge is 0.377 e. The molecule has 43 heavy (non-hydrogen) atoms. The molecule has 12 heteroatoms. The molecule has 220 valence electrons. The minimum atomic E-state index is -4.27. The molecule has 1 saturated heterocycles. The third kappa shape index (κ3) is 6.90. The number of nitrogens with zero attached hydrogens (tertiary/aromatic N) is 2. The van der Waals surface area contributed by atoms with E-state index in [2.05, 4.69) is 0 Å². The second-order valence-corrected chi connectivity index (χ2v) is 13.9. The fraction of sp³-hybridized carbons (Fsp3) is 0.0968. The maximum absolute atomic E-state index is 13.9. The number of thioether (sulfide) groups is 1. The van der Waals surface area contributed by atoms with E-state index in [9.17, 15) is 13.2 Å². The van der Waals surface area contributed by atoms with Gasteiger partial charge in [0.2, 0.25) is 0 Å². The first-order chi connectivity index (χ1) is 20.3. The summed E-state index contributed by atoms with van der Waals surface area (Å²) in [5, 5.41) is 1.51. The van der Waals surface area contributed by atoms with Crippen molar-refractivity contribution in [3.8, 4) is 5.75 Å². The molecule has 0 radical (unpaired) electrons. The van der Waals surface area contributed by atoms with Crippen LogP contribution in [-0.4, -0.2) is 19.5 Å². The monoisotopic (exact) mass is 690 g/mol. The second kappa shape index (κ2) is 12.6. The Hall–Kier alpha value is -2.98. The number of halogens is 4. The topological polar surface area (TPSA) is 76.0 Å². The molecule has 0 atom stereocenters. The number of aryl methyl sites for hydroxylation is 3. The fourth-order valence-corrected chi connectivity index (χ4v) is 6.94. The van der Waals surface area contributed by atoms with Crippen molar-refractivity contribution < 1.29 is 17.4 Å². The van der Waals surface area contributed by atoms with Crippen LogP contribution in [0.5, 0.6) is 5.75 Å². The summed E-state index contributed by atoms with van der Waals surface area (Å²) in [6.07, 6.45) is 1.47. The highest BCUT2D eigenvalue weighted by molar-refractivity contribution is 8.19. The van der Waals surface area contributed by atoms with Gasteiger partial charge in [0.25, 0.3) is 5.91 Å². The standard InChI is InChI=1S/C31H22Cl4N2O4S2/c1-17-4-10-24(11-5-17)43(39,40)41-29-20(12-21(32)14-27(29)35)13-28-30(38)37(23-9-7-19(3)26(34)16-23)31(42-28)36-22-8-6-18(2)25(33)15-22/h4-16H,1-3H3/b28-13+,36-31?. The van der Waals surface area contributed by atoms with E-state index < -0.39 is 16.0 Å². The number of aliphatic imine (C=N–C) groups is 1. The maximum atomic E-state index is 13.9. The molecule has 0 unspecified atom stereocenters. The Bertz CT molecular complexity index is 1940. The average Bonchev–Trinajstić information content (AvgIpc) is 3.24. The predicted octanol–water partition coefficient (Wildman–Crippen LogP) is 9.80. The summed E-state index contributed by atoms with van der Waals surface area (Å²) in [4.78, 5) is 20.2. The molecule has 0 bridgehead atoms. The number of amidine groups is 1. The van der Waals surface area contributed by atoms with Crippen molar-refractivity contribution in [3.63, 3.8) is 0 Å². The molecule has 6 nitrogen and oxygen atoms in total. The summed E-state index contributed by atoms with van der Waals surface area (Å²) < 4.78 is 31.8. The lowest BCUT2D eigenvalue weighted by Gasteiger charge is -2.17. The Morgan fingerprint density at radius 2 is 1.47 bits per heavy atom. The van der Waals surface area contributed by atoms with E-state index >= 15 is 0 Å². The first kappa shape index (κ1) is 31.4. The van der Waals surface area contributed by atoms with Crippen molar-refractivity contribution >= 4 is 96.8 Å². The van der Waals surface area contributed by atoms with Crippen molar-refractivity contribution in [1.82, 2.24) is 0 Å². The van der Waals surface area contributed by atoms with Gasteiger partial charge in [0.05, 0.1) is 21.3 Å². The Morgan fingerprint density at radius 3 is 2.12 bits per heavy atom. The van der Waals surface area contributed by atoms with Crippen molar-refractivity contribution in [2.75, 3.05) is 4.90 Å². The number of hydrogen-bond acceptors (Lipinski definition) is 6. The SMILES string of the molecule is Cc1ccc(S(=O)(=O)Oc2c(Cl)cc(Cl)cc2/C=C2/SC(=Nc3ccc(C)c(Cl)c3)N(c3ccc(C)c(Cl)c3)C2=O)cc1. The highest BCUT2D eigenvalue weighted by Gasteiger charge is 2.35. The smallest absolute Gasteiger partial charge is 0.339 e. The molecule has 1 aliphatic rings. The van der Waals surface area contributed by atoms with Crippen LogP contribution < -0.4 is 9.08 Å². The van der Waals surface area contributed by atoms with Crippen LogP contribution in [0.25, 0.3) is 6.08 Å². The molecule has 1 amide bonds. The van der Waals surface area contributed by atoms with Crippen LogP contribution in [-0.2, 0) is 14.9 Å². The first-order valence-corrected chi connectivity index (χ1v) is 16.4. The van der Waals surface area contributed by atoms with E-state index in [0.717, 1.165) is 28.5 Å². The lowest BCUT2D eigenvalue weighted by molar-refractivity contribution is -0.113. The third-order valence-corrected chi connectivity index (χ3v) is 9.94. The minimum Gasteiger partial charge on any atom is -0.377 e. The summed E-state index contributed by atoms with van der Waals surface area (Å²) in [5.41, 5.74) is 3.83. The van der Waals surface area contributed by atoms with Gasteiger partial charge in [0, 0.05) is 20.6 Å². The van der Waals surface area contributed by atoms with Crippen LogP contribution in [0, 0.1) is 20.8 Å². The highest BCUT2D eigenvalue weighted by atomic mass is 35.5. The molecular weight excluding hydrogens is 670 g/mol. The number of rotatable bonds is 6. The van der Waals surface area contributed by atoms with Crippen molar-refractivity contribution in [2.24, 2.45) is 4.99 Å². The van der Waals surface area contributed by atoms with Gasteiger partial charge in [-0.15, -0.1) is 0 Å². The Balaban J connectivity index is 1.61. The van der Waals surface area contributed by atoms with Crippen LogP contribution in [0.15, 0.2) is 87.6 Å².